The Bertz CT molecular complexity index is 1300. The summed E-state index contributed by atoms with van der Waals surface area (Å²) in [5, 5.41) is 7.60. The third kappa shape index (κ3) is 4.04. The molecule has 5 rings (SSSR count). The quantitative estimate of drug-likeness (QED) is 0.486. The van der Waals surface area contributed by atoms with Crippen molar-refractivity contribution in [2.24, 2.45) is 0 Å². The van der Waals surface area contributed by atoms with Crippen LogP contribution in [0, 0.1) is 0 Å². The molecule has 164 valence electrons. The minimum absolute atomic E-state index is 0.0796. The number of amides is 1. The van der Waals surface area contributed by atoms with Gasteiger partial charge in [0, 0.05) is 24.2 Å². The molecular formula is C22H22ClN7O2. The van der Waals surface area contributed by atoms with Gasteiger partial charge in [0.1, 0.15) is 12.7 Å². The van der Waals surface area contributed by atoms with Crippen molar-refractivity contribution >= 4 is 34.2 Å². The Hall–Kier alpha value is -3.43. The summed E-state index contributed by atoms with van der Waals surface area (Å²) in [4.78, 5) is 34.2. The predicted octanol–water partition coefficient (Wildman–Crippen LogP) is 2.84. The molecule has 1 aliphatic rings. The van der Waals surface area contributed by atoms with E-state index in [0.29, 0.717) is 16.4 Å². The Kier molecular flexibility index (Phi) is 5.50. The SMILES string of the molecule is O=C(CN1CCC(n2c(=O)[nH]c3ccccc32)CC1)Nc1cc(Cl)ccc1-n1cncn1. The molecule has 2 aromatic carbocycles. The summed E-state index contributed by atoms with van der Waals surface area (Å²) in [7, 11) is 0. The fourth-order valence-corrected chi connectivity index (χ4v) is 4.48. The summed E-state index contributed by atoms with van der Waals surface area (Å²) in [5.74, 6) is -0.128. The first-order valence-corrected chi connectivity index (χ1v) is 10.8. The number of hydrogen-bond acceptors (Lipinski definition) is 5. The third-order valence-corrected chi connectivity index (χ3v) is 6.05. The predicted molar refractivity (Wildman–Crippen MR) is 122 cm³/mol. The fourth-order valence-electron chi connectivity index (χ4n) is 4.31. The van der Waals surface area contributed by atoms with Crippen molar-refractivity contribution in [1.82, 2.24) is 29.2 Å². The topological polar surface area (TPSA) is 101 Å². The van der Waals surface area contributed by atoms with Gasteiger partial charge in [-0.1, -0.05) is 23.7 Å². The Balaban J connectivity index is 1.24. The molecule has 0 unspecified atom stereocenters. The number of carbonyl (C=O) groups excluding carboxylic acids is 1. The van der Waals surface area contributed by atoms with E-state index < -0.39 is 0 Å². The van der Waals surface area contributed by atoms with Gasteiger partial charge in [0.15, 0.2) is 0 Å². The van der Waals surface area contributed by atoms with Crippen LogP contribution in [-0.4, -0.2) is 54.8 Å². The van der Waals surface area contributed by atoms with E-state index in [-0.39, 0.29) is 24.2 Å². The highest BCUT2D eigenvalue weighted by Gasteiger charge is 2.25. The number of para-hydroxylation sites is 2. The number of nitrogens with zero attached hydrogens (tertiary/aromatic N) is 5. The van der Waals surface area contributed by atoms with Gasteiger partial charge in [0.2, 0.25) is 5.91 Å². The Morgan fingerprint density at radius 2 is 2.00 bits per heavy atom. The average molecular weight is 452 g/mol. The fraction of sp³-hybridized carbons (Fsp3) is 0.273. The van der Waals surface area contributed by atoms with Crippen molar-refractivity contribution in [2.45, 2.75) is 18.9 Å². The highest BCUT2D eigenvalue weighted by molar-refractivity contribution is 6.31. The molecule has 0 aliphatic carbocycles. The summed E-state index contributed by atoms with van der Waals surface area (Å²) in [6.45, 7) is 1.73. The number of rotatable bonds is 5. The Morgan fingerprint density at radius 3 is 2.78 bits per heavy atom. The molecular weight excluding hydrogens is 430 g/mol. The molecule has 1 saturated heterocycles. The highest BCUT2D eigenvalue weighted by Crippen LogP contribution is 2.26. The number of piperidine rings is 1. The summed E-state index contributed by atoms with van der Waals surface area (Å²) in [6.07, 6.45) is 4.60. The minimum atomic E-state index is -0.128. The van der Waals surface area contributed by atoms with E-state index >= 15 is 0 Å². The molecule has 9 nitrogen and oxygen atoms in total. The van der Waals surface area contributed by atoms with Gasteiger partial charge in [-0.3, -0.25) is 14.3 Å². The van der Waals surface area contributed by atoms with Gasteiger partial charge in [-0.15, -0.1) is 0 Å². The van der Waals surface area contributed by atoms with Gasteiger partial charge in [-0.05, 0) is 43.2 Å². The van der Waals surface area contributed by atoms with Crippen LogP contribution < -0.4 is 11.0 Å². The lowest BCUT2D eigenvalue weighted by molar-refractivity contribution is -0.117. The zero-order valence-corrected chi connectivity index (χ0v) is 18.0. The van der Waals surface area contributed by atoms with Crippen LogP contribution in [0.2, 0.25) is 5.02 Å². The molecule has 2 N–H and O–H groups in total. The van der Waals surface area contributed by atoms with E-state index in [9.17, 15) is 9.59 Å². The summed E-state index contributed by atoms with van der Waals surface area (Å²) < 4.78 is 3.43. The van der Waals surface area contributed by atoms with Crippen LogP contribution >= 0.6 is 11.6 Å². The Labute approximate surface area is 188 Å². The van der Waals surface area contributed by atoms with Gasteiger partial charge in [0.05, 0.1) is 29.0 Å². The van der Waals surface area contributed by atoms with E-state index in [0.717, 1.165) is 37.0 Å². The molecule has 1 amide bonds. The van der Waals surface area contributed by atoms with Gasteiger partial charge in [0.25, 0.3) is 0 Å². The number of H-pyrrole nitrogens is 1. The first-order chi connectivity index (χ1) is 15.6. The third-order valence-electron chi connectivity index (χ3n) is 5.81. The Morgan fingerprint density at radius 1 is 1.19 bits per heavy atom. The van der Waals surface area contributed by atoms with Crippen molar-refractivity contribution in [3.63, 3.8) is 0 Å². The molecule has 0 radical (unpaired) electrons. The standard InChI is InChI=1S/C22H22ClN7O2/c23-15-5-6-19(29-14-24-13-25-29)18(11-15)26-21(31)12-28-9-7-16(8-10-28)30-20-4-2-1-3-17(20)27-22(30)32/h1-6,11,13-14,16H,7-10,12H2,(H,26,31)(H,27,32). The maximum absolute atomic E-state index is 12.8. The van der Waals surface area contributed by atoms with Crippen molar-refractivity contribution in [3.8, 4) is 5.69 Å². The normalized spacial score (nSPS) is 15.3. The molecule has 2 aromatic heterocycles. The number of aromatic nitrogens is 5. The highest BCUT2D eigenvalue weighted by atomic mass is 35.5. The molecule has 1 fully saturated rings. The number of fused-ring (bicyclic) bond motifs is 1. The van der Waals surface area contributed by atoms with Gasteiger partial charge >= 0.3 is 5.69 Å². The number of carbonyl (C=O) groups is 1. The van der Waals surface area contributed by atoms with Crippen LogP contribution in [0.4, 0.5) is 5.69 Å². The monoisotopic (exact) mass is 451 g/mol. The van der Waals surface area contributed by atoms with Crippen molar-refractivity contribution in [1.29, 1.82) is 0 Å². The van der Waals surface area contributed by atoms with Crippen molar-refractivity contribution < 1.29 is 4.79 Å². The second kappa shape index (κ2) is 8.60. The van der Waals surface area contributed by atoms with Crippen LogP contribution in [-0.2, 0) is 4.79 Å². The average Bonchev–Trinajstić information content (AvgIpc) is 3.42. The van der Waals surface area contributed by atoms with Crippen LogP contribution in [0.15, 0.2) is 59.9 Å². The second-order valence-electron chi connectivity index (χ2n) is 7.87. The maximum Gasteiger partial charge on any atom is 0.326 e. The van der Waals surface area contributed by atoms with Crippen LogP contribution in [0.1, 0.15) is 18.9 Å². The smallest absolute Gasteiger partial charge is 0.323 e. The first kappa shape index (κ1) is 20.5. The zero-order chi connectivity index (χ0) is 22.1. The number of halogens is 1. The van der Waals surface area contributed by atoms with E-state index in [2.05, 4.69) is 25.3 Å². The van der Waals surface area contributed by atoms with E-state index in [4.69, 9.17) is 11.6 Å². The largest absolute Gasteiger partial charge is 0.326 e. The van der Waals surface area contributed by atoms with Crippen LogP contribution in [0.25, 0.3) is 16.7 Å². The van der Waals surface area contributed by atoms with Gasteiger partial charge < -0.3 is 10.3 Å². The number of hydrogen-bond donors (Lipinski definition) is 2. The summed E-state index contributed by atoms with van der Waals surface area (Å²) in [5.41, 5.74) is 2.97. The molecule has 3 heterocycles. The molecule has 4 aromatic rings. The number of aromatic amines is 1. The zero-order valence-electron chi connectivity index (χ0n) is 17.2. The summed E-state index contributed by atoms with van der Waals surface area (Å²) >= 11 is 6.14. The molecule has 32 heavy (non-hydrogen) atoms. The van der Waals surface area contributed by atoms with Crippen molar-refractivity contribution in [2.75, 3.05) is 25.0 Å². The first-order valence-electron chi connectivity index (χ1n) is 10.4. The second-order valence-corrected chi connectivity index (χ2v) is 8.31. The van der Waals surface area contributed by atoms with E-state index in [1.54, 1.807) is 29.2 Å². The summed E-state index contributed by atoms with van der Waals surface area (Å²) in [6, 6.07) is 13.1. The van der Waals surface area contributed by atoms with E-state index in [1.807, 2.05) is 28.8 Å². The maximum atomic E-state index is 12.8. The van der Waals surface area contributed by atoms with Gasteiger partial charge in [-0.2, -0.15) is 5.10 Å². The lowest BCUT2D eigenvalue weighted by Crippen LogP contribution is -2.41. The number of benzene rings is 2. The molecule has 1 aliphatic heterocycles. The molecule has 0 bridgehead atoms. The lowest BCUT2D eigenvalue weighted by Gasteiger charge is -2.32. The minimum Gasteiger partial charge on any atom is -0.323 e. The van der Waals surface area contributed by atoms with Gasteiger partial charge in [-0.25, -0.2) is 14.5 Å². The number of anilines is 1. The number of likely N-dealkylation sites (tertiary alicyclic amines) is 1. The van der Waals surface area contributed by atoms with Crippen LogP contribution in [0.3, 0.4) is 0 Å². The lowest BCUT2D eigenvalue weighted by atomic mass is 10.0. The number of nitrogens with one attached hydrogen (secondary N) is 2. The molecule has 0 saturated carbocycles. The van der Waals surface area contributed by atoms with E-state index in [1.165, 1.54) is 6.33 Å². The van der Waals surface area contributed by atoms with Crippen molar-refractivity contribution in [3.05, 3.63) is 70.6 Å². The molecule has 0 spiro atoms. The van der Waals surface area contributed by atoms with Crippen LogP contribution in [0.5, 0.6) is 0 Å². The molecule has 0 atom stereocenters. The number of imidazole rings is 1. The molecule has 10 heteroatoms.